The number of hydrogen-bond acceptors (Lipinski definition) is 7. The predicted octanol–water partition coefficient (Wildman–Crippen LogP) is 4.02. The molecular weight excluding hydrogens is 520 g/mol. The average Bonchev–Trinajstić information content (AvgIpc) is 3.40. The number of halogens is 6. The van der Waals surface area contributed by atoms with Crippen LogP contribution in [0.5, 0.6) is 0 Å². The van der Waals surface area contributed by atoms with Gasteiger partial charge in [-0.2, -0.15) is 26.3 Å². The number of hydrogen-bond donors (Lipinski definition) is 2. The van der Waals surface area contributed by atoms with Crippen molar-refractivity contribution in [1.82, 2.24) is 24.3 Å². The first-order valence-corrected chi connectivity index (χ1v) is 11.3. The molecule has 2 N–H and O–H groups in total. The van der Waals surface area contributed by atoms with Crippen molar-refractivity contribution in [3.05, 3.63) is 34.3 Å². The number of carboxylic acids is 2. The average molecular weight is 548 g/mol. The van der Waals surface area contributed by atoms with E-state index in [2.05, 4.69) is 53.4 Å². The Hall–Kier alpha value is -2.72. The zero-order valence-corrected chi connectivity index (χ0v) is 20.7. The molecule has 2 aromatic heterocycles. The Morgan fingerprint density at radius 2 is 1.64 bits per heavy atom. The maximum atomic E-state index is 10.6. The van der Waals surface area contributed by atoms with Gasteiger partial charge in [0.05, 0.1) is 18.3 Å². The number of carbonyl (C=O) groups is 2. The lowest BCUT2D eigenvalue weighted by molar-refractivity contribution is -0.193. The van der Waals surface area contributed by atoms with E-state index in [9.17, 15) is 26.3 Å². The van der Waals surface area contributed by atoms with Crippen LogP contribution in [0, 0.1) is 0 Å². The number of alkyl halides is 6. The van der Waals surface area contributed by atoms with Crippen molar-refractivity contribution in [1.29, 1.82) is 0 Å². The van der Waals surface area contributed by atoms with Gasteiger partial charge in [0.15, 0.2) is 0 Å². The molecule has 0 spiro atoms. The largest absolute Gasteiger partial charge is 0.490 e. The molecule has 36 heavy (non-hydrogen) atoms. The van der Waals surface area contributed by atoms with Crippen molar-refractivity contribution in [3.8, 4) is 0 Å². The zero-order chi connectivity index (χ0) is 27.8. The molecule has 2 aromatic rings. The van der Waals surface area contributed by atoms with Crippen LogP contribution in [0.2, 0.25) is 0 Å². The molecule has 0 saturated carbocycles. The minimum absolute atomic E-state index is 0.343. The van der Waals surface area contributed by atoms with Gasteiger partial charge in [-0.05, 0) is 27.8 Å². The molecule has 0 aliphatic carbocycles. The lowest BCUT2D eigenvalue weighted by Crippen LogP contribution is -2.37. The number of aliphatic carboxylic acids is 2. The maximum absolute atomic E-state index is 10.6. The fourth-order valence-corrected chi connectivity index (χ4v) is 3.53. The second-order valence-corrected chi connectivity index (χ2v) is 8.93. The third-order valence-electron chi connectivity index (χ3n) is 5.10. The van der Waals surface area contributed by atoms with Crippen LogP contribution in [0.15, 0.2) is 17.8 Å². The van der Waals surface area contributed by atoms with Gasteiger partial charge in [-0.25, -0.2) is 19.6 Å². The summed E-state index contributed by atoms with van der Waals surface area (Å²) in [5.74, 6) is -4.32. The Morgan fingerprint density at radius 1 is 1.11 bits per heavy atom. The van der Waals surface area contributed by atoms with Crippen LogP contribution in [-0.4, -0.2) is 78.5 Å². The molecular formula is C20H27F6N5O4S. The second-order valence-electron chi connectivity index (χ2n) is 7.95. The summed E-state index contributed by atoms with van der Waals surface area (Å²) < 4.78 is 65.9. The number of imidazole rings is 1. The summed E-state index contributed by atoms with van der Waals surface area (Å²) in [6.07, 6.45) is -6.23. The molecule has 0 bridgehead atoms. The first-order valence-electron chi connectivity index (χ1n) is 10.4. The van der Waals surface area contributed by atoms with E-state index < -0.39 is 24.3 Å². The van der Waals surface area contributed by atoms with Crippen molar-refractivity contribution in [3.63, 3.8) is 0 Å². The SMILES string of the molecule is CC(C)N(C)Cc1cnc2n1CCN(Cc1nccs1)C2C.O=C(O)C(F)(F)F.O=C(O)C(F)(F)F. The minimum Gasteiger partial charge on any atom is -0.475 e. The number of aromatic nitrogens is 3. The number of carboxylic acid groups (broad SMARTS) is 2. The molecule has 0 fully saturated rings. The van der Waals surface area contributed by atoms with Crippen LogP contribution >= 0.6 is 11.3 Å². The van der Waals surface area contributed by atoms with Crippen LogP contribution in [-0.2, 0) is 29.2 Å². The number of fused-ring (bicyclic) bond motifs is 1. The topological polar surface area (TPSA) is 112 Å². The Kier molecular flexibility index (Phi) is 11.3. The summed E-state index contributed by atoms with van der Waals surface area (Å²) in [4.78, 5) is 31.7. The summed E-state index contributed by atoms with van der Waals surface area (Å²) >= 11 is 1.73. The van der Waals surface area contributed by atoms with E-state index in [1.54, 1.807) is 11.3 Å². The van der Waals surface area contributed by atoms with Crippen LogP contribution in [0.3, 0.4) is 0 Å². The van der Waals surface area contributed by atoms with E-state index in [-0.39, 0.29) is 0 Å². The summed E-state index contributed by atoms with van der Waals surface area (Å²) in [6, 6.07) is 0.893. The van der Waals surface area contributed by atoms with E-state index in [1.165, 1.54) is 16.5 Å². The van der Waals surface area contributed by atoms with E-state index in [0.29, 0.717) is 12.1 Å². The molecule has 204 valence electrons. The first-order chi connectivity index (χ1) is 16.4. The van der Waals surface area contributed by atoms with Crippen molar-refractivity contribution in [2.75, 3.05) is 13.6 Å². The lowest BCUT2D eigenvalue weighted by Gasteiger charge is -2.34. The van der Waals surface area contributed by atoms with Crippen LogP contribution in [0.4, 0.5) is 26.3 Å². The molecule has 1 unspecified atom stereocenters. The molecule has 16 heteroatoms. The van der Waals surface area contributed by atoms with Crippen molar-refractivity contribution >= 4 is 23.3 Å². The molecule has 3 heterocycles. The Labute approximate surface area is 207 Å². The van der Waals surface area contributed by atoms with Gasteiger partial charge in [0.1, 0.15) is 10.8 Å². The van der Waals surface area contributed by atoms with Gasteiger partial charge in [0.2, 0.25) is 0 Å². The highest BCUT2D eigenvalue weighted by atomic mass is 32.1. The monoisotopic (exact) mass is 547 g/mol. The number of nitrogens with zero attached hydrogens (tertiary/aromatic N) is 5. The van der Waals surface area contributed by atoms with Crippen LogP contribution in [0.25, 0.3) is 0 Å². The minimum atomic E-state index is -5.08. The van der Waals surface area contributed by atoms with Crippen molar-refractivity contribution in [2.24, 2.45) is 0 Å². The van der Waals surface area contributed by atoms with Crippen LogP contribution < -0.4 is 0 Å². The fourth-order valence-electron chi connectivity index (χ4n) is 2.89. The van der Waals surface area contributed by atoms with Gasteiger partial charge in [-0.15, -0.1) is 11.3 Å². The molecule has 0 aromatic carbocycles. The lowest BCUT2D eigenvalue weighted by atomic mass is 10.2. The molecule has 1 aliphatic rings. The third kappa shape index (κ3) is 9.73. The standard InChI is InChI=1S/C16H25N5S.2C2HF3O2/c1-12(2)19(4)10-14-9-18-16-13(3)20(6-7-21(14)16)11-15-17-5-8-22-15;2*3-2(4,5)1(6)7/h5,8-9,12-13H,6-7,10-11H2,1-4H3;2*(H,6,7). The molecule has 3 rings (SSSR count). The highest BCUT2D eigenvalue weighted by molar-refractivity contribution is 7.09. The van der Waals surface area contributed by atoms with Gasteiger partial charge in [-0.1, -0.05) is 0 Å². The molecule has 0 amide bonds. The summed E-state index contributed by atoms with van der Waals surface area (Å²) in [6.45, 7) is 10.7. The Bertz CT molecular complexity index is 954. The van der Waals surface area contributed by atoms with Gasteiger partial charge < -0.3 is 14.8 Å². The van der Waals surface area contributed by atoms with Gasteiger partial charge in [0, 0.05) is 43.4 Å². The summed E-state index contributed by atoms with van der Waals surface area (Å²) in [5.41, 5.74) is 1.33. The second kappa shape index (κ2) is 13.0. The molecule has 0 saturated heterocycles. The quantitative estimate of drug-likeness (QED) is 0.540. The van der Waals surface area contributed by atoms with E-state index in [4.69, 9.17) is 24.8 Å². The van der Waals surface area contributed by atoms with Crippen molar-refractivity contribution < 1.29 is 46.1 Å². The summed E-state index contributed by atoms with van der Waals surface area (Å²) in [7, 11) is 2.17. The van der Waals surface area contributed by atoms with E-state index >= 15 is 0 Å². The highest BCUT2D eigenvalue weighted by Gasteiger charge is 2.38. The zero-order valence-electron chi connectivity index (χ0n) is 19.8. The smallest absolute Gasteiger partial charge is 0.475 e. The molecule has 1 aliphatic heterocycles. The predicted molar refractivity (Wildman–Crippen MR) is 117 cm³/mol. The normalized spacial score (nSPS) is 16.1. The number of thiazole rings is 1. The highest BCUT2D eigenvalue weighted by Crippen LogP contribution is 2.27. The van der Waals surface area contributed by atoms with Crippen LogP contribution in [0.1, 0.15) is 43.3 Å². The fraction of sp³-hybridized carbons (Fsp3) is 0.600. The molecule has 0 radical (unpaired) electrons. The van der Waals surface area contributed by atoms with Gasteiger partial charge in [0.25, 0.3) is 0 Å². The summed E-state index contributed by atoms with van der Waals surface area (Å²) in [5, 5.41) is 17.5. The van der Waals surface area contributed by atoms with E-state index in [0.717, 1.165) is 26.2 Å². The molecule has 9 nitrogen and oxygen atoms in total. The van der Waals surface area contributed by atoms with Crippen molar-refractivity contribution in [2.45, 2.75) is 64.8 Å². The van der Waals surface area contributed by atoms with Gasteiger partial charge >= 0.3 is 24.3 Å². The van der Waals surface area contributed by atoms with Gasteiger partial charge in [-0.3, -0.25) is 9.80 Å². The Balaban J connectivity index is 0.000000383. The first kappa shape index (κ1) is 31.3. The maximum Gasteiger partial charge on any atom is 0.490 e. The Morgan fingerprint density at radius 3 is 2.06 bits per heavy atom. The number of rotatable bonds is 5. The van der Waals surface area contributed by atoms with E-state index in [1.807, 2.05) is 11.6 Å². The molecule has 1 atom stereocenters. The third-order valence-corrected chi connectivity index (χ3v) is 5.87.